The van der Waals surface area contributed by atoms with Crippen molar-refractivity contribution in [1.82, 2.24) is 0 Å². The molecule has 0 saturated heterocycles. The molecule has 0 bridgehead atoms. The van der Waals surface area contributed by atoms with Gasteiger partial charge in [-0.25, -0.2) is 0 Å². The van der Waals surface area contributed by atoms with Crippen LogP contribution in [0.1, 0.15) is 113 Å². The lowest BCUT2D eigenvalue weighted by Gasteiger charge is -2.23. The van der Waals surface area contributed by atoms with Crippen LogP contribution in [0.3, 0.4) is 0 Å². The van der Waals surface area contributed by atoms with E-state index in [0.717, 1.165) is 27.8 Å². The van der Waals surface area contributed by atoms with Crippen LogP contribution in [0.25, 0.3) is 11.1 Å². The second-order valence-electron chi connectivity index (χ2n) is 10.6. The number of benzene rings is 2. The van der Waals surface area contributed by atoms with Crippen LogP contribution in [-0.4, -0.2) is 10.2 Å². The van der Waals surface area contributed by atoms with Gasteiger partial charge in [0.05, 0.1) is 0 Å². The molecule has 0 amide bonds. The lowest BCUT2D eigenvalue weighted by molar-refractivity contribution is 0.443. The highest BCUT2D eigenvalue weighted by molar-refractivity contribution is 5.71. The summed E-state index contributed by atoms with van der Waals surface area (Å²) < 4.78 is 0. The summed E-state index contributed by atoms with van der Waals surface area (Å²) >= 11 is 0. The van der Waals surface area contributed by atoms with Crippen molar-refractivity contribution in [1.29, 1.82) is 0 Å². The third-order valence-electron chi connectivity index (χ3n) is 7.55. The summed E-state index contributed by atoms with van der Waals surface area (Å²) in [6, 6.07) is 8.77. The van der Waals surface area contributed by atoms with Gasteiger partial charge in [0.25, 0.3) is 0 Å². The van der Waals surface area contributed by atoms with Gasteiger partial charge in [0.15, 0.2) is 0 Å². The van der Waals surface area contributed by atoms with Crippen molar-refractivity contribution >= 4 is 0 Å². The topological polar surface area (TPSA) is 40.5 Å². The second-order valence-corrected chi connectivity index (χ2v) is 10.6. The van der Waals surface area contributed by atoms with Crippen molar-refractivity contribution in [3.05, 3.63) is 46.5 Å². The van der Waals surface area contributed by atoms with Gasteiger partial charge in [-0.3, -0.25) is 0 Å². The Morgan fingerprint density at radius 2 is 0.867 bits per heavy atom. The fourth-order valence-electron chi connectivity index (χ4n) is 4.97. The van der Waals surface area contributed by atoms with Crippen molar-refractivity contribution in [3.63, 3.8) is 0 Å². The van der Waals surface area contributed by atoms with E-state index in [1.54, 1.807) is 0 Å². The normalized spacial score (nSPS) is 18.8. The van der Waals surface area contributed by atoms with Crippen LogP contribution < -0.4 is 0 Å². The van der Waals surface area contributed by atoms with E-state index in [9.17, 15) is 10.2 Å². The summed E-state index contributed by atoms with van der Waals surface area (Å²) in [6.07, 6.45) is 5.08. The van der Waals surface area contributed by atoms with Crippen LogP contribution >= 0.6 is 0 Å². The molecule has 162 valence electrons. The quantitative estimate of drug-likeness (QED) is 0.488. The first-order chi connectivity index (χ1) is 14.2. The molecule has 2 aromatic carbocycles. The first-order valence-electron chi connectivity index (χ1n) is 11.9. The molecule has 4 rings (SSSR count). The minimum Gasteiger partial charge on any atom is -0.507 e. The maximum Gasteiger partial charge on any atom is 0.122 e. The van der Waals surface area contributed by atoms with Crippen LogP contribution in [0.2, 0.25) is 0 Å². The average Bonchev–Trinajstić information content (AvgIpc) is 3.59. The number of phenolic OH excluding ortho intramolecular Hbond substituents is 2. The highest BCUT2D eigenvalue weighted by Gasteiger charge is 2.35. The molecule has 2 fully saturated rings. The van der Waals surface area contributed by atoms with Gasteiger partial charge < -0.3 is 10.2 Å². The summed E-state index contributed by atoms with van der Waals surface area (Å²) in [5.74, 6) is 3.68. The molecule has 2 heteroatoms. The summed E-state index contributed by atoms with van der Waals surface area (Å²) in [6.45, 7) is 13.1. The SMILES string of the molecule is CC(C)c1cc(-c2cc([C@H](C)C3CC3)c(O)c([C@H](C)C3CC3)c2)cc(C(C)C)c1O. The molecule has 2 nitrogen and oxygen atoms in total. The molecule has 0 heterocycles. The van der Waals surface area contributed by atoms with Gasteiger partial charge in [-0.2, -0.15) is 0 Å². The lowest BCUT2D eigenvalue weighted by atomic mass is 9.83. The van der Waals surface area contributed by atoms with Crippen LogP contribution in [0.5, 0.6) is 11.5 Å². The van der Waals surface area contributed by atoms with E-state index in [2.05, 4.69) is 65.8 Å². The first kappa shape index (κ1) is 21.3. The van der Waals surface area contributed by atoms with E-state index in [1.165, 1.54) is 31.2 Å². The molecule has 2 aromatic rings. The Morgan fingerprint density at radius 1 is 0.567 bits per heavy atom. The Bertz CT molecular complexity index is 864. The van der Waals surface area contributed by atoms with Crippen molar-refractivity contribution in [3.8, 4) is 22.6 Å². The van der Waals surface area contributed by atoms with Gasteiger partial charge in [0.2, 0.25) is 0 Å². The summed E-state index contributed by atoms with van der Waals surface area (Å²) in [7, 11) is 0. The van der Waals surface area contributed by atoms with E-state index in [1.807, 2.05) is 0 Å². The number of rotatable bonds is 7. The largest absolute Gasteiger partial charge is 0.507 e. The predicted molar refractivity (Wildman–Crippen MR) is 126 cm³/mol. The monoisotopic (exact) mass is 406 g/mol. The fourth-order valence-corrected chi connectivity index (χ4v) is 4.97. The fraction of sp³-hybridized carbons (Fsp3) is 0.571. The van der Waals surface area contributed by atoms with Gasteiger partial charge >= 0.3 is 0 Å². The second kappa shape index (κ2) is 7.94. The Labute approximate surface area is 182 Å². The molecule has 0 radical (unpaired) electrons. The zero-order valence-electron chi connectivity index (χ0n) is 19.5. The van der Waals surface area contributed by atoms with Crippen molar-refractivity contribution in [2.24, 2.45) is 11.8 Å². The molecule has 2 aliphatic rings. The molecule has 30 heavy (non-hydrogen) atoms. The van der Waals surface area contributed by atoms with Crippen LogP contribution in [0.15, 0.2) is 24.3 Å². The van der Waals surface area contributed by atoms with E-state index in [-0.39, 0.29) is 11.8 Å². The van der Waals surface area contributed by atoms with Gasteiger partial charge in [0.1, 0.15) is 11.5 Å². The Balaban J connectivity index is 1.89. The molecular weight excluding hydrogens is 368 g/mol. The summed E-state index contributed by atoms with van der Waals surface area (Å²) in [5.41, 5.74) is 6.59. The van der Waals surface area contributed by atoms with Crippen molar-refractivity contribution in [2.45, 2.75) is 90.9 Å². The van der Waals surface area contributed by atoms with Crippen molar-refractivity contribution in [2.75, 3.05) is 0 Å². The molecule has 0 aromatic heterocycles. The molecule has 2 aliphatic carbocycles. The minimum absolute atomic E-state index is 0.259. The minimum atomic E-state index is 0.259. The van der Waals surface area contributed by atoms with Gasteiger partial charge in [-0.1, -0.05) is 41.5 Å². The Morgan fingerprint density at radius 3 is 1.17 bits per heavy atom. The molecule has 0 unspecified atom stereocenters. The first-order valence-corrected chi connectivity index (χ1v) is 11.9. The van der Waals surface area contributed by atoms with Crippen LogP contribution in [0, 0.1) is 11.8 Å². The Hall–Kier alpha value is -1.96. The van der Waals surface area contributed by atoms with E-state index >= 15 is 0 Å². The molecule has 2 saturated carbocycles. The Kier molecular flexibility index (Phi) is 5.64. The molecular formula is C28H38O2. The summed E-state index contributed by atoms with van der Waals surface area (Å²) in [4.78, 5) is 0. The predicted octanol–water partition coefficient (Wildman–Crippen LogP) is 8.04. The third-order valence-corrected chi connectivity index (χ3v) is 7.55. The highest BCUT2D eigenvalue weighted by atomic mass is 16.3. The maximum atomic E-state index is 11.2. The number of aromatic hydroxyl groups is 2. The number of hydrogen-bond donors (Lipinski definition) is 2. The zero-order chi connectivity index (χ0) is 21.7. The smallest absolute Gasteiger partial charge is 0.122 e. The van der Waals surface area contributed by atoms with E-state index in [0.29, 0.717) is 35.2 Å². The number of phenols is 2. The van der Waals surface area contributed by atoms with E-state index in [4.69, 9.17) is 0 Å². The molecule has 2 N–H and O–H groups in total. The summed E-state index contributed by atoms with van der Waals surface area (Å²) in [5, 5.41) is 22.1. The number of hydrogen-bond acceptors (Lipinski definition) is 2. The average molecular weight is 407 g/mol. The third kappa shape index (κ3) is 3.98. The van der Waals surface area contributed by atoms with Gasteiger partial charge in [0, 0.05) is 0 Å². The van der Waals surface area contributed by atoms with Crippen molar-refractivity contribution < 1.29 is 10.2 Å². The zero-order valence-corrected chi connectivity index (χ0v) is 19.5. The maximum absolute atomic E-state index is 11.2. The van der Waals surface area contributed by atoms with Crippen LogP contribution in [-0.2, 0) is 0 Å². The van der Waals surface area contributed by atoms with Gasteiger partial charge in [-0.05, 0) is 119 Å². The van der Waals surface area contributed by atoms with Crippen LogP contribution in [0.4, 0.5) is 0 Å². The lowest BCUT2D eigenvalue weighted by Crippen LogP contribution is -2.04. The molecule has 2 atom stereocenters. The molecule has 0 aliphatic heterocycles. The van der Waals surface area contributed by atoms with Gasteiger partial charge in [-0.15, -0.1) is 0 Å². The molecule has 0 spiro atoms. The highest BCUT2D eigenvalue weighted by Crippen LogP contribution is 2.51. The standard InChI is InChI=1S/C28H38O2/c1-15(2)23-11-21(12-24(16(3)4)27(23)29)22-13-25(17(5)19-7-8-19)28(30)26(14-22)18(6)20-9-10-20/h11-20,29-30H,7-10H2,1-6H3/t17-,18-/m1/s1. The van der Waals surface area contributed by atoms with E-state index < -0.39 is 0 Å².